The minimum Gasteiger partial charge on any atom is -0.268 e. The summed E-state index contributed by atoms with van der Waals surface area (Å²) >= 11 is 2.10. The van der Waals surface area contributed by atoms with E-state index in [9.17, 15) is 13.2 Å². The first-order valence-electron chi connectivity index (χ1n) is 7.14. The average Bonchev–Trinajstić information content (AvgIpc) is 3.11. The minimum atomic E-state index is -3.64. The summed E-state index contributed by atoms with van der Waals surface area (Å²) in [5.74, 6) is 0.414. The third-order valence-electron chi connectivity index (χ3n) is 3.25. The average molecular weight is 472 g/mol. The number of nitrogens with zero attached hydrogens (tertiary/aromatic N) is 5. The molecule has 0 saturated carbocycles. The molecule has 0 aliphatic carbocycles. The third-order valence-corrected chi connectivity index (χ3v) is 5.44. The van der Waals surface area contributed by atoms with Crippen molar-refractivity contribution in [3.05, 3.63) is 63.0 Å². The smallest absolute Gasteiger partial charge is 0.266 e. The summed E-state index contributed by atoms with van der Waals surface area (Å²) in [6.45, 7) is 0.118. The summed E-state index contributed by atoms with van der Waals surface area (Å²) in [5, 5.41) is 8.09. The van der Waals surface area contributed by atoms with Crippen molar-refractivity contribution in [2.24, 2.45) is 0 Å². The van der Waals surface area contributed by atoms with E-state index < -0.39 is 10.0 Å². The van der Waals surface area contributed by atoms with Gasteiger partial charge in [-0.05, 0) is 52.9 Å². The molecule has 3 aromatic rings. The van der Waals surface area contributed by atoms with Crippen molar-refractivity contribution in [2.45, 2.75) is 11.4 Å². The first kappa shape index (κ1) is 17.7. The topological polar surface area (TPSA) is 112 Å². The van der Waals surface area contributed by atoms with E-state index in [1.54, 1.807) is 12.1 Å². The van der Waals surface area contributed by atoms with Crippen LogP contribution in [0.1, 0.15) is 0 Å². The number of aromatic nitrogens is 5. The highest BCUT2D eigenvalue weighted by molar-refractivity contribution is 14.1. The van der Waals surface area contributed by atoms with Crippen molar-refractivity contribution in [1.29, 1.82) is 0 Å². The quantitative estimate of drug-likeness (QED) is 0.521. The number of hydrogen-bond acceptors (Lipinski definition) is 6. The van der Waals surface area contributed by atoms with Gasteiger partial charge in [-0.25, -0.2) is 27.5 Å². The predicted octanol–water partition coefficient (Wildman–Crippen LogP) is 0.407. The molecule has 9 nitrogen and oxygen atoms in total. The van der Waals surface area contributed by atoms with Crippen LogP contribution < -0.4 is 10.3 Å². The van der Waals surface area contributed by atoms with Crippen molar-refractivity contribution in [3.63, 3.8) is 0 Å². The van der Waals surface area contributed by atoms with Crippen LogP contribution in [-0.4, -0.2) is 39.5 Å². The molecule has 0 unspecified atom stereocenters. The van der Waals surface area contributed by atoms with Crippen LogP contribution in [-0.2, 0) is 16.6 Å². The molecule has 2 heterocycles. The van der Waals surface area contributed by atoms with Gasteiger partial charge in [-0.3, -0.25) is 4.79 Å². The van der Waals surface area contributed by atoms with E-state index in [0.29, 0.717) is 5.82 Å². The Balaban J connectivity index is 1.70. The Morgan fingerprint density at radius 1 is 1.12 bits per heavy atom. The Morgan fingerprint density at radius 2 is 1.88 bits per heavy atom. The first-order chi connectivity index (χ1) is 12.0. The molecule has 0 bridgehead atoms. The first-order valence-corrected chi connectivity index (χ1v) is 9.70. The highest BCUT2D eigenvalue weighted by Gasteiger charge is 2.13. The van der Waals surface area contributed by atoms with Gasteiger partial charge in [0, 0.05) is 16.2 Å². The Labute approximate surface area is 156 Å². The molecule has 0 radical (unpaired) electrons. The fourth-order valence-electron chi connectivity index (χ4n) is 2.03. The van der Waals surface area contributed by atoms with Gasteiger partial charge in [-0.15, -0.1) is 5.10 Å². The van der Waals surface area contributed by atoms with Crippen LogP contribution in [0.4, 0.5) is 0 Å². The Bertz CT molecular complexity index is 1020. The maximum absolute atomic E-state index is 12.2. The number of benzene rings is 1. The van der Waals surface area contributed by atoms with Crippen LogP contribution in [0.2, 0.25) is 0 Å². The van der Waals surface area contributed by atoms with Crippen LogP contribution in [0.5, 0.6) is 0 Å². The lowest BCUT2D eigenvalue weighted by Crippen LogP contribution is -2.32. The molecule has 0 aliphatic rings. The Kier molecular flexibility index (Phi) is 5.24. The summed E-state index contributed by atoms with van der Waals surface area (Å²) in [5.41, 5.74) is -0.336. The zero-order chi connectivity index (χ0) is 17.9. The normalized spacial score (nSPS) is 11.6. The Morgan fingerprint density at radius 3 is 2.56 bits per heavy atom. The second-order valence-electron chi connectivity index (χ2n) is 4.94. The summed E-state index contributed by atoms with van der Waals surface area (Å²) in [6.07, 6.45) is 2.81. The molecule has 0 atom stereocenters. The molecule has 11 heteroatoms. The van der Waals surface area contributed by atoms with E-state index in [0.717, 1.165) is 3.57 Å². The standard InChI is InChI=1S/C14H13IN6O3S/c15-11-1-3-12(4-2-11)25(23,24)18-7-8-20-14(22)6-5-13(19-20)21-10-16-9-17-21/h1-6,9-10,18H,7-8H2. The zero-order valence-corrected chi connectivity index (χ0v) is 15.8. The van der Waals surface area contributed by atoms with Gasteiger partial charge in [0.05, 0.1) is 11.4 Å². The molecule has 0 saturated heterocycles. The van der Waals surface area contributed by atoms with Crippen molar-refractivity contribution in [3.8, 4) is 5.82 Å². The predicted molar refractivity (Wildman–Crippen MR) is 97.8 cm³/mol. The maximum Gasteiger partial charge on any atom is 0.266 e. The molecular formula is C14H13IN6O3S. The van der Waals surface area contributed by atoms with Gasteiger partial charge in [0.2, 0.25) is 10.0 Å². The molecular weight excluding hydrogens is 459 g/mol. The number of hydrogen-bond donors (Lipinski definition) is 1. The van der Waals surface area contributed by atoms with Crippen LogP contribution >= 0.6 is 22.6 Å². The zero-order valence-electron chi connectivity index (χ0n) is 12.8. The van der Waals surface area contributed by atoms with Crippen LogP contribution in [0.3, 0.4) is 0 Å². The Hall–Kier alpha value is -2.12. The fourth-order valence-corrected chi connectivity index (χ4v) is 3.41. The number of halogens is 1. The highest BCUT2D eigenvalue weighted by atomic mass is 127. The van der Waals surface area contributed by atoms with Crippen molar-refractivity contribution in [2.75, 3.05) is 6.54 Å². The summed E-state index contributed by atoms with van der Waals surface area (Å²) in [6, 6.07) is 9.34. The molecule has 0 amide bonds. The molecule has 25 heavy (non-hydrogen) atoms. The van der Waals surface area contributed by atoms with E-state index >= 15 is 0 Å². The van der Waals surface area contributed by atoms with E-state index in [1.165, 1.54) is 46.3 Å². The molecule has 130 valence electrons. The van der Waals surface area contributed by atoms with E-state index in [2.05, 4.69) is 42.5 Å². The van der Waals surface area contributed by atoms with Gasteiger partial charge in [-0.1, -0.05) is 0 Å². The van der Waals surface area contributed by atoms with Gasteiger partial charge in [0.15, 0.2) is 5.82 Å². The number of sulfonamides is 1. The summed E-state index contributed by atoms with van der Waals surface area (Å²) < 4.78 is 30.4. The molecule has 1 aromatic carbocycles. The van der Waals surface area contributed by atoms with Crippen LogP contribution in [0.25, 0.3) is 5.82 Å². The second kappa shape index (κ2) is 7.41. The summed E-state index contributed by atoms with van der Waals surface area (Å²) in [7, 11) is -3.64. The minimum absolute atomic E-state index is 0.0298. The van der Waals surface area contributed by atoms with E-state index in [1.807, 2.05) is 0 Å². The van der Waals surface area contributed by atoms with Gasteiger partial charge in [0.25, 0.3) is 5.56 Å². The molecule has 0 spiro atoms. The summed E-state index contributed by atoms with van der Waals surface area (Å²) in [4.78, 5) is 15.9. The monoisotopic (exact) mass is 472 g/mol. The van der Waals surface area contributed by atoms with Crippen molar-refractivity contribution in [1.82, 2.24) is 29.3 Å². The van der Waals surface area contributed by atoms with Gasteiger partial charge >= 0.3 is 0 Å². The van der Waals surface area contributed by atoms with E-state index in [4.69, 9.17) is 0 Å². The molecule has 2 aromatic heterocycles. The lowest BCUT2D eigenvalue weighted by atomic mass is 10.4. The molecule has 0 fully saturated rings. The largest absolute Gasteiger partial charge is 0.268 e. The van der Waals surface area contributed by atoms with Gasteiger partial charge in [0.1, 0.15) is 12.7 Å². The lowest BCUT2D eigenvalue weighted by Gasteiger charge is -2.09. The van der Waals surface area contributed by atoms with Crippen LogP contribution in [0.15, 0.2) is 58.7 Å². The van der Waals surface area contributed by atoms with Crippen LogP contribution in [0, 0.1) is 3.57 Å². The van der Waals surface area contributed by atoms with Crippen molar-refractivity contribution < 1.29 is 8.42 Å². The lowest BCUT2D eigenvalue weighted by molar-refractivity contribution is 0.542. The highest BCUT2D eigenvalue weighted by Crippen LogP contribution is 2.11. The SMILES string of the molecule is O=c1ccc(-n2cncn2)nn1CCNS(=O)(=O)c1ccc(I)cc1. The second-order valence-corrected chi connectivity index (χ2v) is 7.96. The molecule has 3 rings (SSSR count). The number of rotatable bonds is 6. The molecule has 0 aliphatic heterocycles. The third kappa shape index (κ3) is 4.29. The fraction of sp³-hybridized carbons (Fsp3) is 0.143. The van der Waals surface area contributed by atoms with E-state index in [-0.39, 0.29) is 23.5 Å². The maximum atomic E-state index is 12.2. The molecule has 1 N–H and O–H groups in total. The van der Waals surface area contributed by atoms with Crippen molar-refractivity contribution >= 4 is 32.6 Å². The number of nitrogens with one attached hydrogen (secondary N) is 1. The van der Waals surface area contributed by atoms with Gasteiger partial charge < -0.3 is 0 Å². The van der Waals surface area contributed by atoms with Gasteiger partial charge in [-0.2, -0.15) is 5.10 Å².